The molecule has 2 aliphatic rings. The Labute approximate surface area is 126 Å². The first-order valence-electron chi connectivity index (χ1n) is 7.23. The van der Waals surface area contributed by atoms with Gasteiger partial charge in [-0.2, -0.15) is 0 Å². The number of likely N-dealkylation sites (tertiary alicyclic amines) is 1. The minimum atomic E-state index is -2.25. The van der Waals surface area contributed by atoms with E-state index in [1.54, 1.807) is 6.92 Å². The van der Waals surface area contributed by atoms with Crippen molar-refractivity contribution in [3.63, 3.8) is 0 Å². The van der Waals surface area contributed by atoms with Crippen LogP contribution in [0.5, 0.6) is 0 Å². The summed E-state index contributed by atoms with van der Waals surface area (Å²) in [4.78, 5) is 23.0. The Morgan fingerprint density at radius 2 is 2.32 bits per heavy atom. The monoisotopic (exact) mass is 316 g/mol. The molecule has 8 heteroatoms. The molecule has 0 spiro atoms. The maximum atomic E-state index is 15.1. The third kappa shape index (κ3) is 3.16. The number of halogens is 2. The van der Waals surface area contributed by atoms with Crippen molar-refractivity contribution < 1.29 is 23.2 Å². The quantitative estimate of drug-likeness (QED) is 0.345. The predicted molar refractivity (Wildman–Crippen MR) is 73.7 cm³/mol. The fourth-order valence-corrected chi connectivity index (χ4v) is 2.88. The zero-order valence-electron chi connectivity index (χ0n) is 12.3. The van der Waals surface area contributed by atoms with E-state index in [-0.39, 0.29) is 13.2 Å². The number of hydrogen-bond acceptors (Lipinski definition) is 5. The van der Waals surface area contributed by atoms with E-state index in [1.165, 1.54) is 4.90 Å². The number of ether oxygens (including phenoxy) is 1. The van der Waals surface area contributed by atoms with Crippen LogP contribution in [0.25, 0.3) is 0 Å². The van der Waals surface area contributed by atoms with Crippen molar-refractivity contribution in [3.8, 4) is 0 Å². The molecule has 22 heavy (non-hydrogen) atoms. The molecule has 122 valence electrons. The summed E-state index contributed by atoms with van der Waals surface area (Å²) in [6, 6.07) is -0.798. The zero-order valence-corrected chi connectivity index (χ0v) is 12.3. The Morgan fingerprint density at radius 1 is 1.59 bits per heavy atom. The van der Waals surface area contributed by atoms with E-state index >= 15 is 4.39 Å². The highest BCUT2D eigenvalue weighted by molar-refractivity contribution is 5.76. The number of esters is 1. The summed E-state index contributed by atoms with van der Waals surface area (Å²) in [6.45, 7) is 2.10. The van der Waals surface area contributed by atoms with Crippen LogP contribution in [0.4, 0.5) is 8.78 Å². The summed E-state index contributed by atoms with van der Waals surface area (Å²) in [5.74, 6) is -3.91. The predicted octanol–water partition coefficient (Wildman–Crippen LogP) is 2.49. The molecule has 0 aromatic carbocycles. The van der Waals surface area contributed by atoms with Gasteiger partial charge in [-0.25, -0.2) is 8.78 Å². The Morgan fingerprint density at radius 3 is 2.91 bits per heavy atom. The van der Waals surface area contributed by atoms with Crippen molar-refractivity contribution in [3.05, 3.63) is 33.8 Å². The highest BCUT2D eigenvalue weighted by atomic mass is 19.2. The first-order valence-corrected chi connectivity index (χ1v) is 7.23. The van der Waals surface area contributed by atoms with Gasteiger partial charge in [-0.15, -0.1) is 0 Å². The molecule has 2 rings (SSSR count). The number of alkyl halides is 1. The van der Waals surface area contributed by atoms with Gasteiger partial charge in [-0.05, 0) is 25.8 Å². The van der Waals surface area contributed by atoms with Gasteiger partial charge in [-0.1, -0.05) is 6.42 Å². The van der Waals surface area contributed by atoms with E-state index in [9.17, 15) is 19.3 Å². The molecule has 2 atom stereocenters. The fraction of sp³-hybridized carbons (Fsp3) is 0.643. The Hall–Kier alpha value is -1.83. The smallest absolute Gasteiger partial charge is 0.323 e. The van der Waals surface area contributed by atoms with Gasteiger partial charge in [0.15, 0.2) is 11.6 Å². The Bertz CT molecular complexity index is 535. The van der Waals surface area contributed by atoms with Gasteiger partial charge in [-0.3, -0.25) is 19.8 Å². The van der Waals surface area contributed by atoms with Gasteiger partial charge in [0.1, 0.15) is 6.04 Å². The van der Waals surface area contributed by atoms with Gasteiger partial charge in [0.05, 0.1) is 18.0 Å². The van der Waals surface area contributed by atoms with Gasteiger partial charge >= 0.3 is 11.7 Å². The number of nitro groups is 1. The second-order valence-electron chi connectivity index (χ2n) is 5.33. The molecule has 1 saturated heterocycles. The lowest BCUT2D eigenvalue weighted by molar-refractivity contribution is -0.422. The number of carbonyl (C=O) groups excluding carboxylic acids is 1. The molecule has 0 aromatic rings. The molecule has 1 aliphatic heterocycles. The third-order valence-corrected chi connectivity index (χ3v) is 3.91. The lowest BCUT2D eigenvalue weighted by atomic mass is 9.94. The number of hydrogen-bond donors (Lipinski definition) is 0. The first-order chi connectivity index (χ1) is 10.4. The number of carbonyl (C=O) groups is 1. The number of piperidine rings is 1. The van der Waals surface area contributed by atoms with Gasteiger partial charge in [0.2, 0.25) is 0 Å². The molecular weight excluding hydrogens is 298 g/mol. The summed E-state index contributed by atoms with van der Waals surface area (Å²) in [7, 11) is 0. The third-order valence-electron chi connectivity index (χ3n) is 3.91. The van der Waals surface area contributed by atoms with Crippen LogP contribution in [0, 0.1) is 10.1 Å². The van der Waals surface area contributed by atoms with E-state index in [0.29, 0.717) is 12.8 Å². The van der Waals surface area contributed by atoms with Crippen LogP contribution >= 0.6 is 0 Å². The second-order valence-corrected chi connectivity index (χ2v) is 5.33. The SMILES string of the molecule is CCOC(=O)C1CCCCN1C1(F)C=CC([N+](=O)[O-])=C(F)C1. The summed E-state index contributed by atoms with van der Waals surface area (Å²) in [6.07, 6.45) is 2.87. The van der Waals surface area contributed by atoms with Crippen LogP contribution in [0.15, 0.2) is 23.7 Å². The van der Waals surface area contributed by atoms with E-state index in [1.807, 2.05) is 0 Å². The van der Waals surface area contributed by atoms with Crippen molar-refractivity contribution >= 4 is 5.97 Å². The molecule has 0 radical (unpaired) electrons. The standard InChI is InChI=1S/C14H18F2N2O4/c1-2-22-13(19)12-5-3-4-8-17(12)14(16)7-6-11(18(20)21)10(15)9-14/h6-7,12H,2-5,8-9H2,1H3. The zero-order chi connectivity index (χ0) is 16.3. The lowest BCUT2D eigenvalue weighted by Gasteiger charge is -2.42. The van der Waals surface area contributed by atoms with E-state index in [0.717, 1.165) is 18.6 Å². The Balaban J connectivity index is 2.23. The van der Waals surface area contributed by atoms with Crippen LogP contribution < -0.4 is 0 Å². The van der Waals surface area contributed by atoms with Gasteiger partial charge in [0, 0.05) is 12.6 Å². The highest BCUT2D eigenvalue weighted by Gasteiger charge is 2.47. The lowest BCUT2D eigenvalue weighted by Crippen LogP contribution is -2.56. The van der Waals surface area contributed by atoms with Crippen LogP contribution in [-0.2, 0) is 9.53 Å². The molecule has 0 N–H and O–H groups in total. The highest BCUT2D eigenvalue weighted by Crippen LogP contribution is 2.38. The Kier molecular flexibility index (Phi) is 4.90. The van der Waals surface area contributed by atoms with E-state index < -0.39 is 40.7 Å². The maximum absolute atomic E-state index is 15.1. The molecule has 0 bridgehead atoms. The summed E-state index contributed by atoms with van der Waals surface area (Å²) in [5.41, 5.74) is -0.738. The van der Waals surface area contributed by atoms with Crippen molar-refractivity contribution in [2.45, 2.75) is 44.4 Å². The second kappa shape index (κ2) is 6.51. The summed E-state index contributed by atoms with van der Waals surface area (Å²) in [5, 5.41) is 10.7. The van der Waals surface area contributed by atoms with Crippen LogP contribution in [0.2, 0.25) is 0 Å². The average Bonchev–Trinajstić information content (AvgIpc) is 2.47. The molecule has 0 aromatic heterocycles. The van der Waals surface area contributed by atoms with Crippen LogP contribution in [0.3, 0.4) is 0 Å². The van der Waals surface area contributed by atoms with Gasteiger partial charge in [0.25, 0.3) is 0 Å². The minimum absolute atomic E-state index is 0.179. The molecular formula is C14H18F2N2O4. The first kappa shape index (κ1) is 16.5. The van der Waals surface area contributed by atoms with E-state index in [4.69, 9.17) is 4.74 Å². The summed E-state index contributed by atoms with van der Waals surface area (Å²) >= 11 is 0. The van der Waals surface area contributed by atoms with Crippen molar-refractivity contribution in [2.75, 3.05) is 13.2 Å². The molecule has 6 nitrogen and oxygen atoms in total. The number of rotatable bonds is 4. The minimum Gasteiger partial charge on any atom is -0.465 e. The summed E-state index contributed by atoms with van der Waals surface area (Å²) < 4.78 is 33.9. The van der Waals surface area contributed by atoms with Crippen molar-refractivity contribution in [2.24, 2.45) is 0 Å². The molecule has 1 aliphatic carbocycles. The van der Waals surface area contributed by atoms with E-state index in [2.05, 4.69) is 0 Å². The van der Waals surface area contributed by atoms with Crippen molar-refractivity contribution in [1.82, 2.24) is 4.90 Å². The number of allylic oxidation sites excluding steroid dienone is 1. The largest absolute Gasteiger partial charge is 0.465 e. The van der Waals surface area contributed by atoms with Gasteiger partial charge < -0.3 is 4.74 Å². The normalized spacial score (nSPS) is 29.5. The number of nitrogens with zero attached hydrogens (tertiary/aromatic N) is 2. The molecule has 1 heterocycles. The van der Waals surface area contributed by atoms with Crippen molar-refractivity contribution in [1.29, 1.82) is 0 Å². The fourth-order valence-electron chi connectivity index (χ4n) is 2.88. The molecule has 2 unspecified atom stereocenters. The maximum Gasteiger partial charge on any atom is 0.323 e. The van der Waals surface area contributed by atoms with Crippen LogP contribution in [-0.4, -0.2) is 40.8 Å². The molecule has 1 fully saturated rings. The topological polar surface area (TPSA) is 72.7 Å². The molecule has 0 saturated carbocycles. The molecule has 0 amide bonds. The van der Waals surface area contributed by atoms with Crippen LogP contribution in [0.1, 0.15) is 32.6 Å². The average molecular weight is 316 g/mol.